The largest absolute Gasteiger partial charge is 0.504 e. The molecule has 1 aliphatic carbocycles. The third-order valence-electron chi connectivity index (χ3n) is 4.08. The number of carbonyl (C=O) groups is 1. The van der Waals surface area contributed by atoms with Crippen LogP contribution >= 0.6 is 11.6 Å². The molecule has 1 heterocycles. The van der Waals surface area contributed by atoms with Gasteiger partial charge < -0.3 is 15.1 Å². The van der Waals surface area contributed by atoms with Crippen LogP contribution in [0.1, 0.15) is 23.3 Å². The summed E-state index contributed by atoms with van der Waals surface area (Å²) in [4.78, 5) is 14.0. The molecule has 1 saturated carbocycles. The van der Waals surface area contributed by atoms with Gasteiger partial charge in [-0.05, 0) is 43.0 Å². The summed E-state index contributed by atoms with van der Waals surface area (Å²) >= 11 is 5.85. The molecule has 122 valence electrons. The highest BCUT2D eigenvalue weighted by molar-refractivity contribution is 6.30. The summed E-state index contributed by atoms with van der Waals surface area (Å²) in [5.41, 5.74) is 0.718. The molecule has 0 bridgehead atoms. The number of carbonyl (C=O) groups excluding carboxylic acids is 1. The molecule has 3 rings (SSSR count). The Morgan fingerprint density at radius 3 is 2.65 bits per heavy atom. The van der Waals surface area contributed by atoms with Crippen LogP contribution < -0.4 is 0 Å². The minimum atomic E-state index is -0.336. The molecule has 1 aromatic carbocycles. The monoisotopic (exact) mass is 335 g/mol. The number of hydrogen-bond donors (Lipinski definition) is 2. The van der Waals surface area contributed by atoms with Crippen molar-refractivity contribution in [1.29, 1.82) is 0 Å². The summed E-state index contributed by atoms with van der Waals surface area (Å²) in [6, 6.07) is 6.93. The molecule has 2 N–H and O–H groups in total. The second-order valence-corrected chi connectivity index (χ2v) is 6.40. The maximum Gasteiger partial charge on any atom is 0.277 e. The van der Waals surface area contributed by atoms with Gasteiger partial charge in [-0.15, -0.1) is 0 Å². The molecule has 0 atom stereocenters. The fourth-order valence-corrected chi connectivity index (χ4v) is 2.87. The summed E-state index contributed by atoms with van der Waals surface area (Å²) in [5, 5.41) is 24.1. The number of halogens is 1. The highest BCUT2D eigenvalue weighted by Gasteiger charge is 2.30. The Balaban J connectivity index is 1.74. The quantitative estimate of drug-likeness (QED) is 0.896. The predicted octanol–water partition coefficient (Wildman–Crippen LogP) is 2.07. The molecular weight excluding hydrogens is 318 g/mol. The van der Waals surface area contributed by atoms with Gasteiger partial charge in [0, 0.05) is 18.6 Å². The molecule has 0 aliphatic heterocycles. The zero-order chi connectivity index (χ0) is 16.6. The smallest absolute Gasteiger partial charge is 0.277 e. The van der Waals surface area contributed by atoms with Crippen LogP contribution in [0, 0.1) is 5.92 Å². The van der Waals surface area contributed by atoms with E-state index in [2.05, 4.69) is 5.10 Å². The van der Waals surface area contributed by atoms with Crippen LogP contribution in [0.4, 0.5) is 0 Å². The molecule has 2 aromatic rings. The Bertz CT molecular complexity index is 708. The van der Waals surface area contributed by atoms with Gasteiger partial charge in [-0.3, -0.25) is 4.79 Å². The highest BCUT2D eigenvalue weighted by Crippen LogP contribution is 2.28. The zero-order valence-corrected chi connectivity index (χ0v) is 13.4. The van der Waals surface area contributed by atoms with Crippen molar-refractivity contribution in [2.45, 2.75) is 18.9 Å². The van der Waals surface area contributed by atoms with E-state index in [0.717, 1.165) is 0 Å². The Labute approximate surface area is 138 Å². The molecule has 23 heavy (non-hydrogen) atoms. The summed E-state index contributed by atoms with van der Waals surface area (Å²) in [6.07, 6.45) is 2.57. The first-order valence-corrected chi connectivity index (χ1v) is 7.80. The van der Waals surface area contributed by atoms with Crippen molar-refractivity contribution in [2.75, 3.05) is 13.6 Å². The van der Waals surface area contributed by atoms with Crippen molar-refractivity contribution < 1.29 is 15.0 Å². The van der Waals surface area contributed by atoms with Crippen molar-refractivity contribution in [1.82, 2.24) is 14.7 Å². The number of nitrogens with zero attached hydrogens (tertiary/aromatic N) is 3. The number of aliphatic hydroxyl groups is 1. The second-order valence-electron chi connectivity index (χ2n) is 5.96. The fraction of sp³-hybridized carbons (Fsp3) is 0.375. The maximum absolute atomic E-state index is 12.4. The van der Waals surface area contributed by atoms with E-state index in [9.17, 15) is 15.0 Å². The van der Waals surface area contributed by atoms with E-state index in [-0.39, 0.29) is 23.5 Å². The SMILES string of the molecule is CN(CC1CC(O)C1)C(=O)c1nn(-c2ccc(Cl)cc2)cc1O. The lowest BCUT2D eigenvalue weighted by Crippen LogP contribution is -2.39. The Morgan fingerprint density at radius 1 is 1.39 bits per heavy atom. The molecule has 6 nitrogen and oxygen atoms in total. The molecule has 7 heteroatoms. The van der Waals surface area contributed by atoms with E-state index in [4.69, 9.17) is 11.6 Å². The van der Waals surface area contributed by atoms with Gasteiger partial charge >= 0.3 is 0 Å². The van der Waals surface area contributed by atoms with Gasteiger partial charge in [-0.2, -0.15) is 5.10 Å². The lowest BCUT2D eigenvalue weighted by Gasteiger charge is -2.34. The standard InChI is InChI=1S/C16H18ClN3O3/c1-19(8-10-6-13(21)7-10)16(23)15-14(22)9-20(18-15)12-4-2-11(17)3-5-12/h2-5,9-10,13,21-22H,6-8H2,1H3. The number of aromatic hydroxyl groups is 1. The number of hydrogen-bond acceptors (Lipinski definition) is 4. The molecule has 0 saturated heterocycles. The Morgan fingerprint density at radius 2 is 2.04 bits per heavy atom. The Kier molecular flexibility index (Phi) is 4.28. The van der Waals surface area contributed by atoms with Crippen LogP contribution in [0.15, 0.2) is 30.5 Å². The van der Waals surface area contributed by atoms with Crippen molar-refractivity contribution in [3.05, 3.63) is 41.2 Å². The zero-order valence-electron chi connectivity index (χ0n) is 12.7. The van der Waals surface area contributed by atoms with Crippen molar-refractivity contribution in [2.24, 2.45) is 5.92 Å². The van der Waals surface area contributed by atoms with Crippen LogP contribution in [0.3, 0.4) is 0 Å². The van der Waals surface area contributed by atoms with Gasteiger partial charge in [-0.25, -0.2) is 4.68 Å². The number of aliphatic hydroxyl groups excluding tert-OH is 1. The average molecular weight is 336 g/mol. The van der Waals surface area contributed by atoms with Crippen LogP contribution in [0.25, 0.3) is 5.69 Å². The van der Waals surface area contributed by atoms with E-state index in [1.54, 1.807) is 31.3 Å². The number of rotatable bonds is 4. The van der Waals surface area contributed by atoms with Crippen LogP contribution in [0.2, 0.25) is 5.02 Å². The molecule has 1 amide bonds. The molecule has 0 unspecified atom stereocenters. The first-order chi connectivity index (χ1) is 10.9. The van der Waals surface area contributed by atoms with Crippen molar-refractivity contribution in [3.63, 3.8) is 0 Å². The Hall–Kier alpha value is -2.05. The third kappa shape index (κ3) is 3.33. The fourth-order valence-electron chi connectivity index (χ4n) is 2.74. The minimum absolute atomic E-state index is 0.0160. The van der Waals surface area contributed by atoms with E-state index in [1.807, 2.05) is 0 Å². The normalized spacial score (nSPS) is 20.1. The molecule has 1 aliphatic rings. The number of aromatic nitrogens is 2. The van der Waals surface area contributed by atoms with Crippen molar-refractivity contribution >= 4 is 17.5 Å². The molecule has 0 spiro atoms. The summed E-state index contributed by atoms with van der Waals surface area (Å²) < 4.78 is 1.44. The van der Waals surface area contributed by atoms with Gasteiger partial charge in [0.2, 0.25) is 0 Å². The molecule has 0 radical (unpaired) electrons. The minimum Gasteiger partial charge on any atom is -0.504 e. The van der Waals surface area contributed by atoms with Gasteiger partial charge in [0.25, 0.3) is 5.91 Å². The highest BCUT2D eigenvalue weighted by atomic mass is 35.5. The molecule has 1 fully saturated rings. The predicted molar refractivity (Wildman–Crippen MR) is 85.9 cm³/mol. The first-order valence-electron chi connectivity index (χ1n) is 7.42. The van der Waals surface area contributed by atoms with Gasteiger partial charge in [0.05, 0.1) is 18.0 Å². The lowest BCUT2D eigenvalue weighted by atomic mass is 9.82. The maximum atomic E-state index is 12.4. The van der Waals surface area contributed by atoms with E-state index >= 15 is 0 Å². The van der Waals surface area contributed by atoms with Crippen LogP contribution in [-0.2, 0) is 0 Å². The topological polar surface area (TPSA) is 78.6 Å². The van der Waals surface area contributed by atoms with Crippen LogP contribution in [-0.4, -0.2) is 50.5 Å². The summed E-state index contributed by atoms with van der Waals surface area (Å²) in [6.45, 7) is 0.545. The summed E-state index contributed by atoms with van der Waals surface area (Å²) in [5.74, 6) is -0.193. The number of amides is 1. The van der Waals surface area contributed by atoms with Gasteiger partial charge in [0.1, 0.15) is 0 Å². The molecule has 1 aromatic heterocycles. The molecular formula is C16H18ClN3O3. The third-order valence-corrected chi connectivity index (χ3v) is 4.33. The lowest BCUT2D eigenvalue weighted by molar-refractivity contribution is 0.0263. The van der Waals surface area contributed by atoms with E-state index in [0.29, 0.717) is 36.0 Å². The van der Waals surface area contributed by atoms with E-state index < -0.39 is 0 Å². The van der Waals surface area contributed by atoms with Gasteiger partial charge in [-0.1, -0.05) is 11.6 Å². The second kappa shape index (κ2) is 6.22. The number of benzene rings is 1. The van der Waals surface area contributed by atoms with Gasteiger partial charge in [0.15, 0.2) is 11.4 Å². The first kappa shape index (κ1) is 15.8. The van der Waals surface area contributed by atoms with Crippen molar-refractivity contribution in [3.8, 4) is 11.4 Å². The summed E-state index contributed by atoms with van der Waals surface area (Å²) in [7, 11) is 1.67. The van der Waals surface area contributed by atoms with Crippen LogP contribution in [0.5, 0.6) is 5.75 Å². The van der Waals surface area contributed by atoms with E-state index in [1.165, 1.54) is 15.8 Å². The average Bonchev–Trinajstić information content (AvgIpc) is 2.87.